The number of benzene rings is 2. The van der Waals surface area contributed by atoms with Crippen molar-refractivity contribution in [2.45, 2.75) is 30.8 Å². The highest BCUT2D eigenvalue weighted by atomic mass is 35.5. The van der Waals surface area contributed by atoms with Crippen LogP contribution in [0.2, 0.25) is 5.02 Å². The molecule has 3 aliphatic rings. The summed E-state index contributed by atoms with van der Waals surface area (Å²) in [6.07, 6.45) is 0.423. The van der Waals surface area contributed by atoms with Gasteiger partial charge in [0.15, 0.2) is 0 Å². The number of fused-ring (bicyclic) bond motifs is 4. The van der Waals surface area contributed by atoms with Gasteiger partial charge in [0.1, 0.15) is 5.54 Å². The lowest BCUT2D eigenvalue weighted by atomic mass is 9.76. The number of rotatable bonds is 6. The lowest BCUT2D eigenvalue weighted by Crippen LogP contribution is -2.53. The van der Waals surface area contributed by atoms with E-state index in [4.69, 9.17) is 11.6 Å². The summed E-state index contributed by atoms with van der Waals surface area (Å²) in [7, 11) is 0. The van der Waals surface area contributed by atoms with E-state index in [1.165, 1.54) is 4.90 Å². The number of likely N-dealkylation sites (tertiary alicyclic amines) is 1. The molecule has 1 spiro atoms. The molecule has 9 heteroatoms. The molecule has 2 saturated heterocycles. The fourth-order valence-corrected chi connectivity index (χ4v) is 5.64. The predicted molar refractivity (Wildman–Crippen MR) is 119 cm³/mol. The lowest BCUT2D eigenvalue weighted by Gasteiger charge is -2.29. The number of amides is 3. The van der Waals surface area contributed by atoms with Gasteiger partial charge in [-0.2, -0.15) is 0 Å². The summed E-state index contributed by atoms with van der Waals surface area (Å²) in [5, 5.41) is 15.6. The van der Waals surface area contributed by atoms with Crippen LogP contribution < -0.4 is 10.6 Å². The van der Waals surface area contributed by atoms with Gasteiger partial charge in [-0.25, -0.2) is 0 Å². The van der Waals surface area contributed by atoms with Crippen molar-refractivity contribution < 1.29 is 24.3 Å². The molecule has 0 radical (unpaired) electrons. The van der Waals surface area contributed by atoms with Crippen molar-refractivity contribution in [3.05, 3.63) is 64.7 Å². The average molecular weight is 468 g/mol. The molecule has 4 atom stereocenters. The standard InChI is InChI=1S/C24H22ClN3O5/c25-14-6-7-16-15(12-14)24(23(33)26-16)20-19(17(27-24)8-9-18(29)30)21(31)28(22(20)32)11-10-13-4-2-1-3-5-13/h1-7,12,17,19-20,27H,8-11H2,(H,26,33)(H,29,30)/t17-,19-,20-,24-/m0/s1. The summed E-state index contributed by atoms with van der Waals surface area (Å²) in [4.78, 5) is 52.9. The molecular weight excluding hydrogens is 446 g/mol. The number of nitrogens with zero attached hydrogens (tertiary/aromatic N) is 1. The zero-order valence-corrected chi connectivity index (χ0v) is 18.3. The first kappa shape index (κ1) is 21.6. The summed E-state index contributed by atoms with van der Waals surface area (Å²) >= 11 is 6.22. The summed E-state index contributed by atoms with van der Waals surface area (Å²) < 4.78 is 0. The Morgan fingerprint density at radius 1 is 1.09 bits per heavy atom. The molecule has 2 aromatic carbocycles. The number of hydrogen-bond donors (Lipinski definition) is 3. The van der Waals surface area contributed by atoms with E-state index in [1.54, 1.807) is 18.2 Å². The van der Waals surface area contributed by atoms with Crippen molar-refractivity contribution in [2.24, 2.45) is 11.8 Å². The van der Waals surface area contributed by atoms with E-state index >= 15 is 0 Å². The molecule has 0 bridgehead atoms. The molecule has 33 heavy (non-hydrogen) atoms. The monoisotopic (exact) mass is 467 g/mol. The van der Waals surface area contributed by atoms with Gasteiger partial charge in [0.2, 0.25) is 17.7 Å². The molecule has 5 rings (SSSR count). The second-order valence-corrected chi connectivity index (χ2v) is 9.14. The van der Waals surface area contributed by atoms with Crippen molar-refractivity contribution in [3.63, 3.8) is 0 Å². The second kappa shape index (κ2) is 7.97. The number of hydrogen-bond acceptors (Lipinski definition) is 5. The summed E-state index contributed by atoms with van der Waals surface area (Å²) in [5.74, 6) is -4.04. The molecular formula is C24H22ClN3O5. The molecule has 3 N–H and O–H groups in total. The second-order valence-electron chi connectivity index (χ2n) is 8.70. The zero-order chi connectivity index (χ0) is 23.3. The summed E-state index contributed by atoms with van der Waals surface area (Å²) in [6, 6.07) is 13.8. The maximum Gasteiger partial charge on any atom is 0.303 e. The third-order valence-corrected chi connectivity index (χ3v) is 7.14. The van der Waals surface area contributed by atoms with Gasteiger partial charge >= 0.3 is 5.97 Å². The lowest BCUT2D eigenvalue weighted by molar-refractivity contribution is -0.143. The highest BCUT2D eigenvalue weighted by Crippen LogP contribution is 2.53. The normalized spacial score (nSPS) is 27.7. The highest BCUT2D eigenvalue weighted by molar-refractivity contribution is 6.31. The van der Waals surface area contributed by atoms with Gasteiger partial charge in [-0.05, 0) is 36.6 Å². The Bertz CT molecular complexity index is 1170. The van der Waals surface area contributed by atoms with E-state index in [-0.39, 0.29) is 25.3 Å². The maximum absolute atomic E-state index is 13.6. The number of carboxylic acid groups (broad SMARTS) is 1. The van der Waals surface area contributed by atoms with Crippen LogP contribution in [-0.2, 0) is 31.1 Å². The number of carboxylic acids is 1. The van der Waals surface area contributed by atoms with Crippen molar-refractivity contribution in [1.29, 1.82) is 0 Å². The molecule has 170 valence electrons. The third kappa shape index (κ3) is 3.32. The predicted octanol–water partition coefficient (Wildman–Crippen LogP) is 2.17. The van der Waals surface area contributed by atoms with E-state index in [2.05, 4.69) is 10.6 Å². The maximum atomic E-state index is 13.6. The van der Waals surface area contributed by atoms with Crippen molar-refractivity contribution in [1.82, 2.24) is 10.2 Å². The van der Waals surface area contributed by atoms with Crippen LogP contribution in [0.3, 0.4) is 0 Å². The van der Waals surface area contributed by atoms with Crippen molar-refractivity contribution >= 4 is 41.0 Å². The number of halogens is 1. The number of carbonyl (C=O) groups is 4. The fourth-order valence-electron chi connectivity index (χ4n) is 5.47. The number of carbonyl (C=O) groups excluding carboxylic acids is 3. The van der Waals surface area contributed by atoms with Gasteiger partial charge in [-0.1, -0.05) is 41.9 Å². The first-order valence-corrected chi connectivity index (χ1v) is 11.2. The van der Waals surface area contributed by atoms with Crippen molar-refractivity contribution in [2.75, 3.05) is 11.9 Å². The molecule has 0 unspecified atom stereocenters. The van der Waals surface area contributed by atoms with Crippen LogP contribution >= 0.6 is 11.6 Å². The smallest absolute Gasteiger partial charge is 0.303 e. The molecule has 2 fully saturated rings. The van der Waals surface area contributed by atoms with E-state index < -0.39 is 41.2 Å². The summed E-state index contributed by atoms with van der Waals surface area (Å²) in [6.45, 7) is 0.195. The van der Waals surface area contributed by atoms with Gasteiger partial charge < -0.3 is 10.4 Å². The number of imide groups is 1. The van der Waals surface area contributed by atoms with Crippen molar-refractivity contribution in [3.8, 4) is 0 Å². The first-order valence-electron chi connectivity index (χ1n) is 10.8. The van der Waals surface area contributed by atoms with Crippen LogP contribution in [0.5, 0.6) is 0 Å². The van der Waals surface area contributed by atoms with Crippen LogP contribution in [0.4, 0.5) is 5.69 Å². The van der Waals surface area contributed by atoms with E-state index in [1.807, 2.05) is 30.3 Å². The Morgan fingerprint density at radius 2 is 1.85 bits per heavy atom. The van der Waals surface area contributed by atoms with E-state index in [0.717, 1.165) is 5.56 Å². The SMILES string of the molecule is O=C(O)CC[C@@H]1N[C@]2(C(=O)Nc3ccc(Cl)cc32)[C@@H]2C(=O)N(CCc3ccccc3)C(=O)[C@@H]12. The minimum atomic E-state index is -1.47. The molecule has 0 saturated carbocycles. The summed E-state index contributed by atoms with van der Waals surface area (Å²) in [5.41, 5.74) is 0.556. The topological polar surface area (TPSA) is 116 Å². The molecule has 0 aliphatic carbocycles. The van der Waals surface area contributed by atoms with Crippen LogP contribution in [0.25, 0.3) is 0 Å². The Kier molecular flexibility index (Phi) is 5.22. The largest absolute Gasteiger partial charge is 0.481 e. The average Bonchev–Trinajstić information content (AvgIpc) is 3.37. The molecule has 3 amide bonds. The van der Waals surface area contributed by atoms with E-state index in [9.17, 15) is 24.3 Å². The van der Waals surface area contributed by atoms with Gasteiger partial charge in [-0.3, -0.25) is 29.4 Å². The Hall–Kier alpha value is -3.23. The minimum absolute atomic E-state index is 0.118. The number of aliphatic carboxylic acids is 1. The Morgan fingerprint density at radius 3 is 2.58 bits per heavy atom. The minimum Gasteiger partial charge on any atom is -0.481 e. The molecule has 3 heterocycles. The first-order chi connectivity index (χ1) is 15.8. The van der Waals surface area contributed by atoms with Crippen LogP contribution in [0, 0.1) is 11.8 Å². The van der Waals surface area contributed by atoms with Gasteiger partial charge in [0, 0.05) is 35.3 Å². The van der Waals surface area contributed by atoms with E-state index in [0.29, 0.717) is 22.7 Å². The zero-order valence-electron chi connectivity index (χ0n) is 17.6. The van der Waals surface area contributed by atoms with Gasteiger partial charge in [0.05, 0.1) is 11.8 Å². The molecule has 2 aromatic rings. The number of anilines is 1. The highest BCUT2D eigenvalue weighted by Gasteiger charge is 2.70. The fraction of sp³-hybridized carbons (Fsp3) is 0.333. The molecule has 0 aromatic heterocycles. The van der Waals surface area contributed by atoms with Gasteiger partial charge in [-0.15, -0.1) is 0 Å². The van der Waals surface area contributed by atoms with Crippen LogP contribution in [0.15, 0.2) is 48.5 Å². The molecule has 8 nitrogen and oxygen atoms in total. The van der Waals surface area contributed by atoms with Crippen LogP contribution in [-0.4, -0.2) is 46.3 Å². The number of nitrogens with one attached hydrogen (secondary N) is 2. The van der Waals surface area contributed by atoms with Crippen LogP contribution in [0.1, 0.15) is 24.0 Å². The Balaban J connectivity index is 1.53. The molecule has 3 aliphatic heterocycles. The third-order valence-electron chi connectivity index (χ3n) is 6.90. The quantitative estimate of drug-likeness (QED) is 0.561. The van der Waals surface area contributed by atoms with Gasteiger partial charge in [0.25, 0.3) is 0 Å². The Labute approximate surface area is 194 Å².